The summed E-state index contributed by atoms with van der Waals surface area (Å²) >= 11 is 0. The highest BCUT2D eigenvalue weighted by molar-refractivity contribution is 5.72. The molecule has 0 heterocycles. The van der Waals surface area contributed by atoms with Crippen LogP contribution in [0.1, 0.15) is 26.2 Å². The van der Waals surface area contributed by atoms with Crippen LogP contribution in [0, 0.1) is 17.8 Å². The van der Waals surface area contributed by atoms with Gasteiger partial charge in [0, 0.05) is 19.7 Å². The van der Waals surface area contributed by atoms with Crippen molar-refractivity contribution in [1.29, 1.82) is 0 Å². The zero-order valence-electron chi connectivity index (χ0n) is 9.98. The van der Waals surface area contributed by atoms with Crippen LogP contribution in [0.15, 0.2) is 0 Å². The highest BCUT2D eigenvalue weighted by atomic mass is 16.5. The second-order valence-electron chi connectivity index (χ2n) is 5.18. The smallest absolute Gasteiger partial charge is 0.308 e. The fourth-order valence-corrected chi connectivity index (χ4v) is 3.33. The maximum Gasteiger partial charge on any atom is 0.308 e. The van der Waals surface area contributed by atoms with Crippen molar-refractivity contribution in [2.75, 3.05) is 13.7 Å². The van der Waals surface area contributed by atoms with Crippen molar-refractivity contribution in [2.45, 2.75) is 38.3 Å². The third-order valence-corrected chi connectivity index (χ3v) is 4.24. The van der Waals surface area contributed by atoms with Gasteiger partial charge in [0.25, 0.3) is 0 Å². The van der Waals surface area contributed by atoms with Crippen LogP contribution in [0.2, 0.25) is 0 Å². The Morgan fingerprint density at radius 1 is 1.50 bits per heavy atom. The van der Waals surface area contributed by atoms with Crippen molar-refractivity contribution < 1.29 is 14.6 Å². The standard InChI is InChI=1S/C12H21NO3/c1-7(16-2)6-13-11-9-4-3-8(5-9)10(11)12(14)15/h7-11,13H,3-6H2,1-2H3,(H,14,15). The predicted molar refractivity (Wildman–Crippen MR) is 60.2 cm³/mol. The molecule has 16 heavy (non-hydrogen) atoms. The van der Waals surface area contributed by atoms with E-state index in [1.165, 1.54) is 6.42 Å². The van der Waals surface area contributed by atoms with Crippen LogP contribution < -0.4 is 5.32 Å². The van der Waals surface area contributed by atoms with Crippen molar-refractivity contribution in [3.63, 3.8) is 0 Å². The van der Waals surface area contributed by atoms with Gasteiger partial charge in [0.05, 0.1) is 12.0 Å². The van der Waals surface area contributed by atoms with Crippen molar-refractivity contribution in [1.82, 2.24) is 5.32 Å². The Hall–Kier alpha value is -0.610. The van der Waals surface area contributed by atoms with E-state index in [-0.39, 0.29) is 18.1 Å². The van der Waals surface area contributed by atoms with Crippen LogP contribution in [-0.2, 0) is 9.53 Å². The molecule has 0 aromatic heterocycles. The van der Waals surface area contributed by atoms with Crippen LogP contribution in [0.4, 0.5) is 0 Å². The normalized spacial score (nSPS) is 38.9. The summed E-state index contributed by atoms with van der Waals surface area (Å²) in [6, 6.07) is 0.161. The van der Waals surface area contributed by atoms with Crippen LogP contribution in [-0.4, -0.2) is 36.9 Å². The molecule has 4 heteroatoms. The molecule has 2 bridgehead atoms. The van der Waals surface area contributed by atoms with Crippen LogP contribution in [0.5, 0.6) is 0 Å². The van der Waals surface area contributed by atoms with E-state index in [1.807, 2.05) is 6.92 Å². The molecular formula is C12H21NO3. The fourth-order valence-electron chi connectivity index (χ4n) is 3.33. The highest BCUT2D eigenvalue weighted by Crippen LogP contribution is 2.48. The van der Waals surface area contributed by atoms with E-state index in [2.05, 4.69) is 5.32 Å². The molecule has 2 aliphatic carbocycles. The third kappa shape index (κ3) is 2.09. The summed E-state index contributed by atoms with van der Waals surface area (Å²) in [7, 11) is 1.68. The lowest BCUT2D eigenvalue weighted by Gasteiger charge is -2.29. The van der Waals surface area contributed by atoms with E-state index in [9.17, 15) is 9.90 Å². The minimum atomic E-state index is -0.630. The number of carbonyl (C=O) groups is 1. The molecule has 0 saturated heterocycles. The fraction of sp³-hybridized carbons (Fsp3) is 0.917. The number of aliphatic carboxylic acids is 1. The summed E-state index contributed by atoms with van der Waals surface area (Å²) in [6.07, 6.45) is 3.52. The van der Waals surface area contributed by atoms with Gasteiger partial charge in [0.15, 0.2) is 0 Å². The summed E-state index contributed by atoms with van der Waals surface area (Å²) in [4.78, 5) is 11.2. The zero-order valence-corrected chi connectivity index (χ0v) is 9.98. The van der Waals surface area contributed by atoms with Gasteiger partial charge in [-0.1, -0.05) is 0 Å². The molecule has 2 aliphatic rings. The lowest BCUT2D eigenvalue weighted by molar-refractivity contribution is -0.144. The Morgan fingerprint density at radius 2 is 2.19 bits per heavy atom. The first kappa shape index (κ1) is 11.9. The van der Waals surface area contributed by atoms with E-state index < -0.39 is 5.97 Å². The number of hydrogen-bond donors (Lipinski definition) is 2. The molecule has 0 aliphatic heterocycles. The molecule has 0 aromatic carbocycles. The monoisotopic (exact) mass is 227 g/mol. The van der Waals surface area contributed by atoms with Crippen LogP contribution >= 0.6 is 0 Å². The van der Waals surface area contributed by atoms with E-state index in [4.69, 9.17) is 4.74 Å². The molecule has 0 radical (unpaired) electrons. The second kappa shape index (κ2) is 4.72. The van der Waals surface area contributed by atoms with Gasteiger partial charge in [0.2, 0.25) is 0 Å². The van der Waals surface area contributed by atoms with E-state index >= 15 is 0 Å². The van der Waals surface area contributed by atoms with E-state index in [1.54, 1.807) is 7.11 Å². The van der Waals surface area contributed by atoms with Gasteiger partial charge >= 0.3 is 5.97 Å². The van der Waals surface area contributed by atoms with Crippen LogP contribution in [0.25, 0.3) is 0 Å². The number of ether oxygens (including phenoxy) is 1. The lowest BCUT2D eigenvalue weighted by Crippen LogP contribution is -2.46. The van der Waals surface area contributed by atoms with Crippen molar-refractivity contribution in [2.24, 2.45) is 17.8 Å². The number of nitrogens with one attached hydrogen (secondary N) is 1. The Balaban J connectivity index is 1.94. The summed E-state index contributed by atoms with van der Waals surface area (Å²) in [6.45, 7) is 2.74. The molecule has 0 amide bonds. The molecule has 2 rings (SSSR count). The Kier molecular flexibility index (Phi) is 3.50. The van der Waals surface area contributed by atoms with E-state index in [0.29, 0.717) is 11.8 Å². The Morgan fingerprint density at radius 3 is 2.81 bits per heavy atom. The van der Waals surface area contributed by atoms with Gasteiger partial charge in [-0.05, 0) is 38.0 Å². The summed E-state index contributed by atoms with van der Waals surface area (Å²) in [5, 5.41) is 12.6. The minimum absolute atomic E-state index is 0.147. The first-order valence-electron chi connectivity index (χ1n) is 6.12. The second-order valence-corrected chi connectivity index (χ2v) is 5.18. The number of hydrogen-bond acceptors (Lipinski definition) is 3. The molecule has 5 unspecified atom stereocenters. The number of rotatable bonds is 5. The molecule has 4 nitrogen and oxygen atoms in total. The first-order chi connectivity index (χ1) is 7.63. The van der Waals surface area contributed by atoms with E-state index in [0.717, 1.165) is 19.4 Å². The molecule has 0 aromatic rings. The molecular weight excluding hydrogens is 206 g/mol. The van der Waals surface area contributed by atoms with Crippen molar-refractivity contribution >= 4 is 5.97 Å². The lowest BCUT2D eigenvalue weighted by atomic mass is 9.84. The molecule has 5 atom stereocenters. The SMILES string of the molecule is COC(C)CNC1C2CCC(C2)C1C(=O)O. The summed E-state index contributed by atoms with van der Waals surface area (Å²) < 4.78 is 5.18. The molecule has 2 fully saturated rings. The number of fused-ring (bicyclic) bond motifs is 2. The molecule has 0 spiro atoms. The van der Waals surface area contributed by atoms with Gasteiger partial charge < -0.3 is 15.2 Å². The maximum atomic E-state index is 11.2. The summed E-state index contributed by atoms with van der Waals surface area (Å²) in [5.74, 6) is 0.158. The highest BCUT2D eigenvalue weighted by Gasteiger charge is 2.50. The van der Waals surface area contributed by atoms with Gasteiger partial charge in [-0.3, -0.25) is 4.79 Å². The number of methoxy groups -OCH3 is 1. The number of carboxylic acids is 1. The molecule has 2 saturated carbocycles. The minimum Gasteiger partial charge on any atom is -0.481 e. The van der Waals surface area contributed by atoms with Crippen LogP contribution in [0.3, 0.4) is 0 Å². The summed E-state index contributed by atoms with van der Waals surface area (Å²) in [5.41, 5.74) is 0. The average molecular weight is 227 g/mol. The van der Waals surface area contributed by atoms with Gasteiger partial charge in [-0.2, -0.15) is 0 Å². The quantitative estimate of drug-likeness (QED) is 0.738. The van der Waals surface area contributed by atoms with Crippen molar-refractivity contribution in [3.05, 3.63) is 0 Å². The molecule has 2 N–H and O–H groups in total. The third-order valence-electron chi connectivity index (χ3n) is 4.24. The Bertz CT molecular complexity index is 269. The van der Waals surface area contributed by atoms with Gasteiger partial charge in [-0.25, -0.2) is 0 Å². The Labute approximate surface area is 96.4 Å². The predicted octanol–water partition coefficient (Wildman–Crippen LogP) is 1.11. The maximum absolute atomic E-state index is 11.2. The number of carboxylic acid groups (broad SMARTS) is 1. The topological polar surface area (TPSA) is 58.6 Å². The first-order valence-corrected chi connectivity index (χ1v) is 6.12. The van der Waals surface area contributed by atoms with Gasteiger partial charge in [0.1, 0.15) is 0 Å². The molecule has 92 valence electrons. The zero-order chi connectivity index (χ0) is 11.7. The van der Waals surface area contributed by atoms with Crippen molar-refractivity contribution in [3.8, 4) is 0 Å². The average Bonchev–Trinajstić information content (AvgIpc) is 2.84. The van der Waals surface area contributed by atoms with Gasteiger partial charge in [-0.15, -0.1) is 0 Å². The largest absolute Gasteiger partial charge is 0.481 e.